The Morgan fingerprint density at radius 1 is 1.17 bits per heavy atom. The molecule has 1 aliphatic heterocycles. The van der Waals surface area contributed by atoms with Crippen LogP contribution in [0, 0.1) is 5.82 Å². The molecule has 0 N–H and O–H groups in total. The quantitative estimate of drug-likeness (QED) is 0.526. The summed E-state index contributed by atoms with van der Waals surface area (Å²) in [7, 11) is 1.80. The number of rotatable bonds is 3. The summed E-state index contributed by atoms with van der Waals surface area (Å²) in [5.74, 6) is 0.532. The van der Waals surface area contributed by atoms with Crippen molar-refractivity contribution in [3.05, 3.63) is 72.2 Å². The molecule has 1 fully saturated rings. The summed E-state index contributed by atoms with van der Waals surface area (Å²) in [5, 5.41) is 8.77. The van der Waals surface area contributed by atoms with E-state index < -0.39 is 0 Å². The standard InChI is InChI=1S/C22H21FN6O/c1-27-12-18(11-24-27)22(30)28-9-3-5-17(13-28)21-25-20-8-7-16(14-29(20)26-21)15-4-2-6-19(23)10-15/h2,4,6-8,10-12,14,17H,3,5,9,13H2,1H3. The Balaban J connectivity index is 1.39. The van der Waals surface area contributed by atoms with Gasteiger partial charge in [-0.15, -0.1) is 0 Å². The minimum Gasteiger partial charge on any atom is -0.338 e. The minimum atomic E-state index is -0.271. The van der Waals surface area contributed by atoms with Gasteiger partial charge in [-0.1, -0.05) is 12.1 Å². The Bertz CT molecular complexity index is 1230. The third kappa shape index (κ3) is 3.45. The number of pyridine rings is 1. The Labute approximate surface area is 172 Å². The molecule has 152 valence electrons. The Morgan fingerprint density at radius 3 is 2.87 bits per heavy atom. The fraction of sp³-hybridized carbons (Fsp3) is 0.273. The highest BCUT2D eigenvalue weighted by Crippen LogP contribution is 2.27. The van der Waals surface area contributed by atoms with Gasteiger partial charge in [-0.25, -0.2) is 13.9 Å². The first-order valence-electron chi connectivity index (χ1n) is 9.97. The van der Waals surface area contributed by atoms with Gasteiger partial charge >= 0.3 is 0 Å². The van der Waals surface area contributed by atoms with Gasteiger partial charge in [0.1, 0.15) is 5.82 Å². The number of benzene rings is 1. The molecule has 1 amide bonds. The second-order valence-electron chi connectivity index (χ2n) is 7.69. The van der Waals surface area contributed by atoms with Gasteiger partial charge in [0.25, 0.3) is 5.91 Å². The molecule has 7 nitrogen and oxygen atoms in total. The molecule has 1 saturated heterocycles. The molecular formula is C22H21FN6O. The average molecular weight is 404 g/mol. The van der Waals surface area contributed by atoms with E-state index in [9.17, 15) is 9.18 Å². The molecule has 1 atom stereocenters. The van der Waals surface area contributed by atoms with E-state index in [-0.39, 0.29) is 17.6 Å². The molecule has 5 rings (SSSR count). The summed E-state index contributed by atoms with van der Waals surface area (Å²) in [4.78, 5) is 19.3. The van der Waals surface area contributed by atoms with Crippen molar-refractivity contribution in [1.82, 2.24) is 29.3 Å². The molecule has 4 heterocycles. The number of piperidine rings is 1. The van der Waals surface area contributed by atoms with E-state index >= 15 is 0 Å². The number of amides is 1. The van der Waals surface area contributed by atoms with Crippen LogP contribution < -0.4 is 0 Å². The van der Waals surface area contributed by atoms with Crippen LogP contribution in [0.5, 0.6) is 0 Å². The van der Waals surface area contributed by atoms with E-state index in [1.54, 1.807) is 34.7 Å². The molecule has 0 saturated carbocycles. The lowest BCUT2D eigenvalue weighted by Crippen LogP contribution is -2.39. The molecule has 30 heavy (non-hydrogen) atoms. The van der Waals surface area contributed by atoms with Gasteiger partial charge in [0.05, 0.1) is 11.8 Å². The zero-order valence-corrected chi connectivity index (χ0v) is 16.6. The maximum Gasteiger partial charge on any atom is 0.257 e. The monoisotopic (exact) mass is 404 g/mol. The summed E-state index contributed by atoms with van der Waals surface area (Å²) in [6.45, 7) is 1.31. The highest BCUT2D eigenvalue weighted by Gasteiger charge is 2.28. The molecule has 1 aromatic carbocycles. The highest BCUT2D eigenvalue weighted by atomic mass is 19.1. The topological polar surface area (TPSA) is 68.3 Å². The number of hydrogen-bond acceptors (Lipinski definition) is 4. The number of hydrogen-bond donors (Lipinski definition) is 0. The lowest BCUT2D eigenvalue weighted by molar-refractivity contribution is 0.0704. The summed E-state index contributed by atoms with van der Waals surface area (Å²) >= 11 is 0. The predicted molar refractivity (Wildman–Crippen MR) is 109 cm³/mol. The highest BCUT2D eigenvalue weighted by molar-refractivity contribution is 5.93. The van der Waals surface area contributed by atoms with Crippen LogP contribution >= 0.6 is 0 Å². The average Bonchev–Trinajstić information content (AvgIpc) is 3.39. The predicted octanol–water partition coefficient (Wildman–Crippen LogP) is 3.29. The first-order valence-corrected chi connectivity index (χ1v) is 9.97. The van der Waals surface area contributed by atoms with Gasteiger partial charge in [-0.05, 0) is 42.7 Å². The van der Waals surface area contributed by atoms with Crippen molar-refractivity contribution in [1.29, 1.82) is 0 Å². The normalized spacial score (nSPS) is 16.9. The molecule has 0 spiro atoms. The first-order chi connectivity index (χ1) is 14.6. The lowest BCUT2D eigenvalue weighted by Gasteiger charge is -2.31. The van der Waals surface area contributed by atoms with E-state index in [4.69, 9.17) is 0 Å². The molecule has 0 bridgehead atoms. The summed E-state index contributed by atoms with van der Waals surface area (Å²) in [5.41, 5.74) is 3.00. The summed E-state index contributed by atoms with van der Waals surface area (Å²) in [6, 6.07) is 10.3. The van der Waals surface area contributed by atoms with Gasteiger partial charge in [-0.3, -0.25) is 9.48 Å². The molecule has 1 unspecified atom stereocenters. The maximum atomic E-state index is 13.6. The lowest BCUT2D eigenvalue weighted by atomic mass is 9.97. The van der Waals surface area contributed by atoms with Crippen molar-refractivity contribution >= 4 is 11.6 Å². The van der Waals surface area contributed by atoms with Gasteiger partial charge in [0.2, 0.25) is 0 Å². The maximum absolute atomic E-state index is 13.6. The molecule has 4 aromatic rings. The number of fused-ring (bicyclic) bond motifs is 1. The van der Waals surface area contributed by atoms with Gasteiger partial charge in [0.15, 0.2) is 11.5 Å². The fourth-order valence-corrected chi connectivity index (χ4v) is 4.00. The molecule has 8 heteroatoms. The van der Waals surface area contributed by atoms with Crippen LogP contribution in [0.3, 0.4) is 0 Å². The number of carbonyl (C=O) groups is 1. The van der Waals surface area contributed by atoms with E-state index in [0.717, 1.165) is 42.0 Å². The minimum absolute atomic E-state index is 0.00930. The molecule has 1 aliphatic rings. The zero-order chi connectivity index (χ0) is 20.7. The van der Waals surface area contributed by atoms with E-state index in [1.165, 1.54) is 12.1 Å². The first kappa shape index (κ1) is 18.5. The van der Waals surface area contributed by atoms with Gasteiger partial charge in [0, 0.05) is 44.0 Å². The van der Waals surface area contributed by atoms with Crippen LogP contribution in [0.2, 0.25) is 0 Å². The number of nitrogens with zero attached hydrogens (tertiary/aromatic N) is 6. The van der Waals surface area contributed by atoms with Crippen molar-refractivity contribution in [2.45, 2.75) is 18.8 Å². The second-order valence-corrected chi connectivity index (χ2v) is 7.69. The SMILES string of the molecule is Cn1cc(C(=O)N2CCCC(c3nc4ccc(-c5cccc(F)c5)cn4n3)C2)cn1. The number of likely N-dealkylation sites (tertiary alicyclic amines) is 1. The largest absolute Gasteiger partial charge is 0.338 e. The van der Waals surface area contributed by atoms with Crippen LogP contribution in [0.1, 0.15) is 34.9 Å². The Morgan fingerprint density at radius 2 is 2.07 bits per heavy atom. The van der Waals surface area contributed by atoms with Crippen LogP contribution in [-0.2, 0) is 7.05 Å². The third-order valence-corrected chi connectivity index (χ3v) is 5.53. The second kappa shape index (κ2) is 7.37. The van der Waals surface area contributed by atoms with Crippen molar-refractivity contribution < 1.29 is 9.18 Å². The van der Waals surface area contributed by atoms with Crippen LogP contribution in [0.15, 0.2) is 55.0 Å². The smallest absolute Gasteiger partial charge is 0.257 e. The number of halogens is 1. The molecule has 0 radical (unpaired) electrons. The zero-order valence-electron chi connectivity index (χ0n) is 16.6. The summed E-state index contributed by atoms with van der Waals surface area (Å²) in [6.07, 6.45) is 7.04. The molecule has 0 aliphatic carbocycles. The fourth-order valence-electron chi connectivity index (χ4n) is 4.00. The van der Waals surface area contributed by atoms with E-state index in [0.29, 0.717) is 12.1 Å². The van der Waals surface area contributed by atoms with E-state index in [1.807, 2.05) is 29.3 Å². The summed E-state index contributed by atoms with van der Waals surface area (Å²) < 4.78 is 16.9. The van der Waals surface area contributed by atoms with E-state index in [2.05, 4.69) is 15.2 Å². The van der Waals surface area contributed by atoms with Crippen LogP contribution in [0.4, 0.5) is 4.39 Å². The van der Waals surface area contributed by atoms with Crippen molar-refractivity contribution in [2.75, 3.05) is 13.1 Å². The molecule has 3 aromatic heterocycles. The van der Waals surface area contributed by atoms with Crippen LogP contribution in [0.25, 0.3) is 16.8 Å². The van der Waals surface area contributed by atoms with Crippen LogP contribution in [-0.4, -0.2) is 48.3 Å². The number of aromatic nitrogens is 5. The van der Waals surface area contributed by atoms with Gasteiger partial charge in [-0.2, -0.15) is 10.2 Å². The number of aryl methyl sites for hydroxylation is 1. The number of carbonyl (C=O) groups excluding carboxylic acids is 1. The Kier molecular flexibility index (Phi) is 4.54. The van der Waals surface area contributed by atoms with Crippen molar-refractivity contribution in [3.8, 4) is 11.1 Å². The Hall–Kier alpha value is -3.55. The molecular weight excluding hydrogens is 383 g/mol. The third-order valence-electron chi connectivity index (χ3n) is 5.53. The van der Waals surface area contributed by atoms with Crippen molar-refractivity contribution in [3.63, 3.8) is 0 Å². The van der Waals surface area contributed by atoms with Crippen molar-refractivity contribution in [2.24, 2.45) is 7.05 Å². The van der Waals surface area contributed by atoms with Gasteiger partial charge < -0.3 is 4.90 Å².